The van der Waals surface area contributed by atoms with Crippen LogP contribution in [-0.2, 0) is 17.0 Å². The predicted octanol–water partition coefficient (Wildman–Crippen LogP) is 4.01. The van der Waals surface area contributed by atoms with Gasteiger partial charge in [-0.1, -0.05) is 18.7 Å². The molecule has 0 N–H and O–H groups in total. The van der Waals surface area contributed by atoms with Crippen LogP contribution >= 0.6 is 11.8 Å². The molecule has 8 heteroatoms. The third-order valence-electron chi connectivity index (χ3n) is 6.26. The number of thioether (sulfide) groups is 1. The van der Waals surface area contributed by atoms with Crippen molar-refractivity contribution in [2.75, 3.05) is 31.7 Å². The minimum atomic E-state index is 0.252. The van der Waals surface area contributed by atoms with Gasteiger partial charge in [-0.3, -0.25) is 9.55 Å². The second-order valence-electron chi connectivity index (χ2n) is 8.53. The Kier molecular flexibility index (Phi) is 6.83. The molecule has 0 saturated carbocycles. The van der Waals surface area contributed by atoms with Gasteiger partial charge in [-0.2, -0.15) is 0 Å². The van der Waals surface area contributed by atoms with Gasteiger partial charge in [0.25, 0.3) is 0 Å². The summed E-state index contributed by atoms with van der Waals surface area (Å²) in [6, 6.07) is 0. The Morgan fingerprint density at radius 1 is 1.20 bits per heavy atom. The Balaban J connectivity index is 1.55. The summed E-state index contributed by atoms with van der Waals surface area (Å²) in [7, 11) is 1.72. The number of aryl methyl sites for hydroxylation is 1. The summed E-state index contributed by atoms with van der Waals surface area (Å²) in [5, 5.41) is 10.1. The number of rotatable bonds is 7. The molecule has 0 bridgehead atoms. The van der Waals surface area contributed by atoms with E-state index in [1.165, 1.54) is 12.8 Å². The zero-order valence-corrected chi connectivity index (χ0v) is 19.4. The number of hydrogen-bond acceptors (Lipinski definition) is 7. The first-order valence-electron chi connectivity index (χ1n) is 11.0. The fourth-order valence-corrected chi connectivity index (χ4v) is 5.30. The summed E-state index contributed by atoms with van der Waals surface area (Å²) in [5.74, 6) is 3.44. The first-order valence-corrected chi connectivity index (χ1v) is 12.0. The van der Waals surface area contributed by atoms with Gasteiger partial charge < -0.3 is 14.4 Å². The molecule has 0 spiro atoms. The van der Waals surface area contributed by atoms with Crippen molar-refractivity contribution in [1.82, 2.24) is 19.7 Å². The molecular formula is C22H33N5O2S. The normalized spacial score (nSPS) is 20.1. The highest BCUT2D eigenvalue weighted by atomic mass is 32.2. The van der Waals surface area contributed by atoms with E-state index in [-0.39, 0.29) is 6.10 Å². The fraction of sp³-hybridized carbons (Fsp3) is 0.682. The first kappa shape index (κ1) is 21.4. The Hall–Kier alpha value is -1.80. The summed E-state index contributed by atoms with van der Waals surface area (Å²) >= 11 is 1.70. The van der Waals surface area contributed by atoms with Crippen LogP contribution in [0.15, 0.2) is 11.4 Å². The lowest BCUT2D eigenvalue weighted by atomic mass is 10.00. The third kappa shape index (κ3) is 4.59. The van der Waals surface area contributed by atoms with E-state index in [0.29, 0.717) is 0 Å². The van der Waals surface area contributed by atoms with Crippen molar-refractivity contribution in [3.05, 3.63) is 23.0 Å². The zero-order valence-electron chi connectivity index (χ0n) is 18.6. The smallest absolute Gasteiger partial charge is 0.228 e. The lowest BCUT2D eigenvalue weighted by Crippen LogP contribution is -2.35. The molecule has 2 aromatic rings. The van der Waals surface area contributed by atoms with Gasteiger partial charge in [-0.25, -0.2) is 0 Å². The quantitative estimate of drug-likeness (QED) is 0.614. The molecule has 2 aliphatic rings. The van der Waals surface area contributed by atoms with Gasteiger partial charge in [0.2, 0.25) is 5.95 Å². The molecular weight excluding hydrogens is 398 g/mol. The highest BCUT2D eigenvalue weighted by Gasteiger charge is 2.26. The summed E-state index contributed by atoms with van der Waals surface area (Å²) in [6.07, 6.45) is 6.80. The van der Waals surface area contributed by atoms with E-state index in [9.17, 15) is 0 Å². The predicted molar refractivity (Wildman–Crippen MR) is 119 cm³/mol. The largest absolute Gasteiger partial charge is 0.496 e. The molecule has 2 aliphatic heterocycles. The van der Waals surface area contributed by atoms with E-state index < -0.39 is 0 Å². The maximum atomic E-state index is 5.93. The molecule has 2 saturated heterocycles. The van der Waals surface area contributed by atoms with Gasteiger partial charge in [0, 0.05) is 42.8 Å². The van der Waals surface area contributed by atoms with Crippen LogP contribution in [-0.4, -0.2) is 52.7 Å². The topological polar surface area (TPSA) is 65.3 Å². The van der Waals surface area contributed by atoms with Gasteiger partial charge in [-0.15, -0.1) is 10.2 Å². The lowest BCUT2D eigenvalue weighted by Gasteiger charge is -2.31. The van der Waals surface area contributed by atoms with Crippen LogP contribution in [0, 0.1) is 19.8 Å². The van der Waals surface area contributed by atoms with E-state index in [4.69, 9.17) is 9.47 Å². The Morgan fingerprint density at radius 3 is 2.70 bits per heavy atom. The average molecular weight is 432 g/mol. The summed E-state index contributed by atoms with van der Waals surface area (Å²) in [4.78, 5) is 7.04. The Bertz CT molecular complexity index is 857. The van der Waals surface area contributed by atoms with Crippen LogP contribution in [0.4, 0.5) is 5.95 Å². The van der Waals surface area contributed by atoms with E-state index >= 15 is 0 Å². The van der Waals surface area contributed by atoms with Crippen LogP contribution in [0.25, 0.3) is 0 Å². The second kappa shape index (κ2) is 9.56. The molecule has 0 amide bonds. The van der Waals surface area contributed by atoms with Crippen molar-refractivity contribution in [3.8, 4) is 5.75 Å². The van der Waals surface area contributed by atoms with Gasteiger partial charge in [-0.05, 0) is 45.4 Å². The van der Waals surface area contributed by atoms with Crippen molar-refractivity contribution in [2.45, 2.75) is 70.0 Å². The van der Waals surface area contributed by atoms with Crippen LogP contribution in [0.2, 0.25) is 0 Å². The molecule has 7 nitrogen and oxygen atoms in total. The van der Waals surface area contributed by atoms with Gasteiger partial charge in [0.15, 0.2) is 5.16 Å². The van der Waals surface area contributed by atoms with Gasteiger partial charge in [0.1, 0.15) is 5.75 Å². The molecule has 2 aromatic heterocycles. The average Bonchev–Trinajstić information content (AvgIpc) is 3.39. The molecule has 2 fully saturated rings. The van der Waals surface area contributed by atoms with Crippen LogP contribution in [0.1, 0.15) is 49.4 Å². The molecule has 164 valence electrons. The maximum absolute atomic E-state index is 5.93. The van der Waals surface area contributed by atoms with E-state index in [2.05, 4.69) is 38.5 Å². The molecule has 1 atom stereocenters. The number of anilines is 1. The van der Waals surface area contributed by atoms with Gasteiger partial charge >= 0.3 is 0 Å². The van der Waals surface area contributed by atoms with Crippen molar-refractivity contribution in [2.24, 2.45) is 5.92 Å². The Morgan fingerprint density at radius 2 is 2.00 bits per heavy atom. The number of ether oxygens (including phenoxy) is 2. The van der Waals surface area contributed by atoms with Crippen molar-refractivity contribution in [3.63, 3.8) is 0 Å². The monoisotopic (exact) mass is 431 g/mol. The molecule has 0 aromatic carbocycles. The number of aromatic nitrogens is 4. The summed E-state index contributed by atoms with van der Waals surface area (Å²) in [5.41, 5.74) is 3.19. The minimum absolute atomic E-state index is 0.252. The number of hydrogen-bond donors (Lipinski definition) is 0. The van der Waals surface area contributed by atoms with Crippen molar-refractivity contribution >= 4 is 17.7 Å². The highest BCUT2D eigenvalue weighted by Crippen LogP contribution is 2.31. The van der Waals surface area contributed by atoms with Crippen molar-refractivity contribution in [1.29, 1.82) is 0 Å². The molecule has 4 heterocycles. The number of nitrogens with zero attached hydrogens (tertiary/aromatic N) is 5. The van der Waals surface area contributed by atoms with Gasteiger partial charge in [0.05, 0.1) is 25.5 Å². The van der Waals surface area contributed by atoms with E-state index in [1.54, 1.807) is 18.9 Å². The molecule has 30 heavy (non-hydrogen) atoms. The molecule has 1 unspecified atom stereocenters. The molecule has 0 aliphatic carbocycles. The number of pyridine rings is 1. The zero-order chi connectivity index (χ0) is 21.1. The third-order valence-corrected chi connectivity index (χ3v) is 7.24. The SMILES string of the molecule is COc1c(C)cnc(CSc2nnc(N3CCC(C)CC3)n2CC2CCCO2)c1C. The lowest BCUT2D eigenvalue weighted by molar-refractivity contribution is 0.0951. The second-order valence-corrected chi connectivity index (χ2v) is 9.48. The van der Waals surface area contributed by atoms with Crippen molar-refractivity contribution < 1.29 is 9.47 Å². The Labute approximate surface area is 183 Å². The van der Waals surface area contributed by atoms with E-state index in [1.807, 2.05) is 13.1 Å². The van der Waals surface area contributed by atoms with E-state index in [0.717, 1.165) is 84.4 Å². The standard InChI is InChI=1S/C22H33N5O2S/c1-15-7-9-26(10-8-15)21-24-25-22(27(21)13-18-6-5-11-29-18)30-14-19-17(3)20(28-4)16(2)12-23-19/h12,15,18H,5-11,13-14H2,1-4H3. The summed E-state index contributed by atoms with van der Waals surface area (Å²) in [6.45, 7) is 10.2. The number of methoxy groups -OCH3 is 1. The summed E-state index contributed by atoms with van der Waals surface area (Å²) < 4.78 is 13.8. The van der Waals surface area contributed by atoms with Crippen LogP contribution < -0.4 is 9.64 Å². The fourth-order valence-electron chi connectivity index (χ4n) is 4.33. The molecule has 4 rings (SSSR count). The highest BCUT2D eigenvalue weighted by molar-refractivity contribution is 7.98. The number of piperidine rings is 1. The molecule has 0 radical (unpaired) electrons. The van der Waals surface area contributed by atoms with Crippen LogP contribution in [0.5, 0.6) is 5.75 Å². The first-order chi connectivity index (χ1) is 14.6. The van der Waals surface area contributed by atoms with Crippen LogP contribution in [0.3, 0.4) is 0 Å². The minimum Gasteiger partial charge on any atom is -0.496 e. The maximum Gasteiger partial charge on any atom is 0.228 e.